The quantitative estimate of drug-likeness (QED) is 0.143. The van der Waals surface area contributed by atoms with Crippen LogP contribution in [-0.4, -0.2) is 24.2 Å². The third kappa shape index (κ3) is 8.71. The fraction of sp³-hybridized carbons (Fsp3) is 0.161. The topological polar surface area (TPSA) is 59.6 Å². The molecule has 7 heteroatoms. The molecule has 4 aromatic carbocycles. The van der Waals surface area contributed by atoms with Gasteiger partial charge in [-0.3, -0.25) is 10.1 Å². The van der Waals surface area contributed by atoms with Crippen LogP contribution in [0.5, 0.6) is 11.5 Å². The Hall–Kier alpha value is -3.68. The van der Waals surface area contributed by atoms with Crippen molar-refractivity contribution in [3.05, 3.63) is 124 Å². The van der Waals surface area contributed by atoms with E-state index in [1.165, 1.54) is 11.1 Å². The number of carbonyl (C=O) groups is 1. The fourth-order valence-corrected chi connectivity index (χ4v) is 4.41. The van der Waals surface area contributed by atoms with E-state index in [0.717, 1.165) is 35.2 Å². The summed E-state index contributed by atoms with van der Waals surface area (Å²) in [5.41, 5.74) is 3.59. The number of nitrogens with one attached hydrogen (secondary N) is 2. The number of benzene rings is 4. The fourth-order valence-electron chi connectivity index (χ4n) is 3.84. The lowest BCUT2D eigenvalue weighted by Crippen LogP contribution is -2.34. The van der Waals surface area contributed by atoms with Crippen molar-refractivity contribution in [2.45, 2.75) is 19.3 Å². The number of anilines is 1. The van der Waals surface area contributed by atoms with E-state index in [1.54, 1.807) is 12.1 Å². The monoisotopic (exact) mass is 588 g/mol. The molecule has 0 aliphatic carbocycles. The number of aryl methyl sites for hydroxylation is 1. The summed E-state index contributed by atoms with van der Waals surface area (Å²) in [5, 5.41) is 6.00. The number of thiocarbonyl (C=S) groups is 1. The molecule has 0 heterocycles. The number of amides is 1. The van der Waals surface area contributed by atoms with Gasteiger partial charge in [0.1, 0.15) is 11.5 Å². The highest BCUT2D eigenvalue weighted by Gasteiger charge is 2.15. The van der Waals surface area contributed by atoms with Crippen molar-refractivity contribution < 1.29 is 14.3 Å². The van der Waals surface area contributed by atoms with Crippen LogP contribution in [0.25, 0.3) is 0 Å². The van der Waals surface area contributed by atoms with Gasteiger partial charge in [0, 0.05) is 22.6 Å². The zero-order chi connectivity index (χ0) is 26.6. The lowest BCUT2D eigenvalue weighted by molar-refractivity contribution is 0.0973. The van der Waals surface area contributed by atoms with Crippen LogP contribution in [0, 0.1) is 0 Å². The molecule has 0 saturated carbocycles. The number of hydrogen-bond acceptors (Lipinski definition) is 4. The zero-order valence-electron chi connectivity index (χ0n) is 20.9. The summed E-state index contributed by atoms with van der Waals surface area (Å²) in [4.78, 5) is 13.0. The van der Waals surface area contributed by atoms with Crippen LogP contribution in [-0.2, 0) is 12.8 Å². The number of carbonyl (C=O) groups excluding carboxylic acids is 1. The summed E-state index contributed by atoms with van der Waals surface area (Å²) in [6.45, 7) is 1.06. The van der Waals surface area contributed by atoms with Crippen molar-refractivity contribution in [3.8, 4) is 11.5 Å². The molecule has 0 atom stereocenters. The van der Waals surface area contributed by atoms with Gasteiger partial charge in [0.05, 0.1) is 18.8 Å². The van der Waals surface area contributed by atoms with Gasteiger partial charge in [-0.15, -0.1) is 0 Å². The van der Waals surface area contributed by atoms with E-state index in [9.17, 15) is 4.79 Å². The van der Waals surface area contributed by atoms with Gasteiger partial charge in [-0.1, -0.05) is 82.7 Å². The second-order valence-corrected chi connectivity index (χ2v) is 9.92. The first-order valence-corrected chi connectivity index (χ1v) is 13.6. The van der Waals surface area contributed by atoms with Gasteiger partial charge in [0.25, 0.3) is 5.91 Å². The molecule has 0 saturated heterocycles. The normalized spacial score (nSPS) is 10.4. The Morgan fingerprint density at radius 3 is 2.21 bits per heavy atom. The Balaban J connectivity index is 1.28. The van der Waals surface area contributed by atoms with Crippen molar-refractivity contribution in [2.24, 2.45) is 0 Å². The van der Waals surface area contributed by atoms with Gasteiger partial charge in [-0.25, -0.2) is 0 Å². The highest BCUT2D eigenvalue weighted by atomic mass is 79.9. The Morgan fingerprint density at radius 1 is 0.763 bits per heavy atom. The van der Waals surface area contributed by atoms with Crippen LogP contribution < -0.4 is 20.1 Å². The number of ether oxygens (including phenoxy) is 2. The molecule has 0 unspecified atom stereocenters. The van der Waals surface area contributed by atoms with Gasteiger partial charge in [-0.05, 0) is 66.5 Å². The second-order valence-electron chi connectivity index (χ2n) is 8.60. The zero-order valence-corrected chi connectivity index (χ0v) is 23.3. The molecule has 2 N–H and O–H groups in total. The lowest BCUT2D eigenvalue weighted by Gasteiger charge is -2.14. The Kier molecular flexibility index (Phi) is 10.3. The second kappa shape index (κ2) is 14.3. The van der Waals surface area contributed by atoms with E-state index >= 15 is 0 Å². The number of halogens is 1. The van der Waals surface area contributed by atoms with E-state index in [0.29, 0.717) is 24.5 Å². The van der Waals surface area contributed by atoms with Gasteiger partial charge in [0.2, 0.25) is 0 Å². The lowest BCUT2D eigenvalue weighted by atomic mass is 10.1. The van der Waals surface area contributed by atoms with Gasteiger partial charge < -0.3 is 14.8 Å². The van der Waals surface area contributed by atoms with Crippen molar-refractivity contribution >= 4 is 44.9 Å². The first-order chi connectivity index (χ1) is 18.6. The molecule has 0 aliphatic rings. The molecular formula is C31H29BrN2O3S. The third-order valence-electron chi connectivity index (χ3n) is 5.72. The van der Waals surface area contributed by atoms with Crippen molar-refractivity contribution in [2.75, 3.05) is 18.5 Å². The summed E-state index contributed by atoms with van der Waals surface area (Å²) < 4.78 is 12.6. The van der Waals surface area contributed by atoms with Gasteiger partial charge >= 0.3 is 0 Å². The molecule has 0 radical (unpaired) electrons. The summed E-state index contributed by atoms with van der Waals surface area (Å²) in [7, 11) is 0. The van der Waals surface area contributed by atoms with Crippen molar-refractivity contribution in [1.29, 1.82) is 0 Å². The predicted molar refractivity (Wildman–Crippen MR) is 160 cm³/mol. The van der Waals surface area contributed by atoms with Crippen LogP contribution in [0.2, 0.25) is 0 Å². The average Bonchev–Trinajstić information content (AvgIpc) is 2.93. The van der Waals surface area contributed by atoms with Crippen LogP contribution in [0.1, 0.15) is 27.9 Å². The summed E-state index contributed by atoms with van der Waals surface area (Å²) in [5.74, 6) is 0.875. The Bertz CT molecular complexity index is 1350. The van der Waals surface area contributed by atoms with Crippen molar-refractivity contribution in [3.63, 3.8) is 0 Å². The minimum absolute atomic E-state index is 0.187. The minimum Gasteiger partial charge on any atom is -0.494 e. The SMILES string of the molecule is O=C(NC(=S)Nc1cccc(OCCCc2ccccc2)c1)c1cc(Br)ccc1OCCc1ccccc1. The summed E-state index contributed by atoms with van der Waals surface area (Å²) in [6.07, 6.45) is 2.61. The summed E-state index contributed by atoms with van der Waals surface area (Å²) in [6, 6.07) is 33.3. The molecule has 4 aromatic rings. The van der Waals surface area contributed by atoms with E-state index in [2.05, 4.69) is 38.7 Å². The standard InChI is InChI=1S/C31H29BrN2O3S/c32-25-16-17-29(37-20-18-24-11-5-2-6-12-24)28(21-25)30(35)34-31(38)33-26-14-7-15-27(22-26)36-19-8-13-23-9-3-1-4-10-23/h1-7,9-12,14-17,21-22H,8,13,18-20H2,(H2,33,34,35,38). The highest BCUT2D eigenvalue weighted by Crippen LogP contribution is 2.24. The molecule has 0 fully saturated rings. The molecule has 0 aromatic heterocycles. The molecule has 0 aliphatic heterocycles. The maximum absolute atomic E-state index is 13.0. The number of hydrogen-bond donors (Lipinski definition) is 2. The van der Waals surface area contributed by atoms with Crippen LogP contribution >= 0.6 is 28.1 Å². The Morgan fingerprint density at radius 2 is 1.47 bits per heavy atom. The first-order valence-electron chi connectivity index (χ1n) is 12.4. The molecular weight excluding hydrogens is 560 g/mol. The van der Waals surface area contributed by atoms with E-state index in [-0.39, 0.29) is 11.0 Å². The van der Waals surface area contributed by atoms with Crippen molar-refractivity contribution in [1.82, 2.24) is 5.32 Å². The molecule has 1 amide bonds. The Labute approximate surface area is 237 Å². The minimum atomic E-state index is -0.355. The molecule has 4 rings (SSSR count). The molecule has 194 valence electrons. The molecule has 5 nitrogen and oxygen atoms in total. The maximum Gasteiger partial charge on any atom is 0.261 e. The van der Waals surface area contributed by atoms with E-state index in [1.807, 2.05) is 78.9 Å². The molecule has 38 heavy (non-hydrogen) atoms. The largest absolute Gasteiger partial charge is 0.494 e. The predicted octanol–water partition coefficient (Wildman–Crippen LogP) is 7.21. The van der Waals surface area contributed by atoms with Gasteiger partial charge in [-0.2, -0.15) is 0 Å². The van der Waals surface area contributed by atoms with Crippen LogP contribution in [0.4, 0.5) is 5.69 Å². The molecule has 0 spiro atoms. The smallest absolute Gasteiger partial charge is 0.261 e. The first kappa shape index (κ1) is 27.4. The van der Waals surface area contributed by atoms with Crippen LogP contribution in [0.3, 0.4) is 0 Å². The highest BCUT2D eigenvalue weighted by molar-refractivity contribution is 9.10. The maximum atomic E-state index is 13.0. The van der Waals surface area contributed by atoms with E-state index < -0.39 is 0 Å². The summed E-state index contributed by atoms with van der Waals surface area (Å²) >= 11 is 8.85. The van der Waals surface area contributed by atoms with Crippen LogP contribution in [0.15, 0.2) is 108 Å². The third-order valence-corrected chi connectivity index (χ3v) is 6.42. The molecule has 0 bridgehead atoms. The number of rotatable bonds is 11. The average molecular weight is 590 g/mol. The van der Waals surface area contributed by atoms with Gasteiger partial charge in [0.15, 0.2) is 5.11 Å². The van der Waals surface area contributed by atoms with E-state index in [4.69, 9.17) is 21.7 Å².